The lowest BCUT2D eigenvalue weighted by Gasteiger charge is -2.31. The minimum atomic E-state index is -3.66. The lowest BCUT2D eigenvalue weighted by atomic mass is 10.2. The van der Waals surface area contributed by atoms with Crippen LogP contribution in [0.5, 0.6) is 0 Å². The predicted molar refractivity (Wildman–Crippen MR) is 81.8 cm³/mol. The average Bonchev–Trinajstić information content (AvgIpc) is 2.94. The molecule has 0 spiro atoms. The fraction of sp³-hybridized carbons (Fsp3) is 0.462. The molecule has 0 bridgehead atoms. The first kappa shape index (κ1) is 15.8. The minimum Gasteiger partial charge on any atom is -0.384 e. The number of nitrogens with two attached hydrogens (primary N) is 1. The molecule has 2 aromatic heterocycles. The zero-order chi connectivity index (χ0) is 16.6. The number of nitrogen functional groups attached to an aromatic ring is 1. The highest BCUT2D eigenvalue weighted by Gasteiger charge is 2.33. The first-order valence-corrected chi connectivity index (χ1v) is 8.51. The van der Waals surface area contributed by atoms with Crippen LogP contribution in [0.2, 0.25) is 0 Å². The number of imidazole rings is 1. The predicted octanol–water partition coefficient (Wildman–Crippen LogP) is -0.137. The van der Waals surface area contributed by atoms with Gasteiger partial charge >= 0.3 is 0 Å². The number of aromatic nitrogens is 4. The zero-order valence-electron chi connectivity index (χ0n) is 12.9. The summed E-state index contributed by atoms with van der Waals surface area (Å²) in [5.41, 5.74) is 6.31. The van der Waals surface area contributed by atoms with Gasteiger partial charge in [-0.1, -0.05) is 0 Å². The number of morpholine rings is 1. The largest absolute Gasteiger partial charge is 0.384 e. The number of sulfonamides is 1. The van der Waals surface area contributed by atoms with Gasteiger partial charge in [0.1, 0.15) is 17.7 Å². The van der Waals surface area contributed by atoms with Crippen LogP contribution in [0.25, 0.3) is 0 Å². The van der Waals surface area contributed by atoms with Crippen molar-refractivity contribution in [2.75, 3.05) is 25.4 Å². The first-order valence-electron chi connectivity index (χ1n) is 7.07. The molecule has 0 saturated carbocycles. The highest BCUT2D eigenvalue weighted by molar-refractivity contribution is 7.89. The van der Waals surface area contributed by atoms with Crippen LogP contribution in [0.1, 0.15) is 17.6 Å². The number of nitrogens with zero attached hydrogens (tertiary/aromatic N) is 5. The highest BCUT2D eigenvalue weighted by atomic mass is 32.2. The molecule has 1 saturated heterocycles. The average molecular weight is 338 g/mol. The van der Waals surface area contributed by atoms with Crippen LogP contribution < -0.4 is 5.73 Å². The van der Waals surface area contributed by atoms with Gasteiger partial charge in [0.05, 0.1) is 18.6 Å². The quantitative estimate of drug-likeness (QED) is 0.828. The molecule has 3 heterocycles. The summed E-state index contributed by atoms with van der Waals surface area (Å²) in [6.45, 7) is 2.44. The molecule has 0 radical (unpaired) electrons. The van der Waals surface area contributed by atoms with Gasteiger partial charge in [-0.05, 0) is 6.92 Å². The van der Waals surface area contributed by atoms with E-state index in [0.717, 1.165) is 0 Å². The minimum absolute atomic E-state index is 0.0269. The topological polar surface area (TPSA) is 116 Å². The molecule has 1 atom stereocenters. The summed E-state index contributed by atoms with van der Waals surface area (Å²) in [6.07, 6.45) is 2.46. The standard InChI is InChI=1S/C13H18N6O3S/c1-9-16-10(5-12(14)17-9)11-6-19(3-4-22-11)23(20,21)13-7-18(2)8-15-13/h5,7-8,11H,3-4,6H2,1-2H3,(H2,14,16,17)/t11-/m1/s1. The molecule has 23 heavy (non-hydrogen) atoms. The van der Waals surface area contributed by atoms with Crippen molar-refractivity contribution in [2.24, 2.45) is 7.05 Å². The molecule has 1 fully saturated rings. The van der Waals surface area contributed by atoms with Crippen molar-refractivity contribution in [1.29, 1.82) is 0 Å². The smallest absolute Gasteiger partial charge is 0.262 e. The second kappa shape index (κ2) is 5.87. The molecule has 124 valence electrons. The molecule has 2 N–H and O–H groups in total. The Morgan fingerprint density at radius 2 is 2.17 bits per heavy atom. The Kier molecular flexibility index (Phi) is 4.04. The normalized spacial score (nSPS) is 19.8. The number of ether oxygens (including phenoxy) is 1. The molecule has 0 aromatic carbocycles. The van der Waals surface area contributed by atoms with Crippen LogP contribution >= 0.6 is 0 Å². The molecule has 0 amide bonds. The van der Waals surface area contributed by atoms with Crippen LogP contribution in [-0.4, -0.2) is 51.9 Å². The SMILES string of the molecule is Cc1nc(N)cc([C@H]2CN(S(=O)(=O)c3cn(C)cn3)CCO2)n1. The second-order valence-electron chi connectivity index (χ2n) is 5.36. The van der Waals surface area contributed by atoms with Crippen LogP contribution in [0.15, 0.2) is 23.6 Å². The zero-order valence-corrected chi connectivity index (χ0v) is 13.7. The van der Waals surface area contributed by atoms with Gasteiger partial charge in [-0.2, -0.15) is 4.31 Å². The Labute approximate surface area is 134 Å². The fourth-order valence-corrected chi connectivity index (χ4v) is 3.85. The van der Waals surface area contributed by atoms with Crippen molar-refractivity contribution >= 4 is 15.8 Å². The summed E-state index contributed by atoms with van der Waals surface area (Å²) >= 11 is 0. The Hall–Kier alpha value is -2.04. The van der Waals surface area contributed by atoms with E-state index in [1.807, 2.05) is 0 Å². The third kappa shape index (κ3) is 3.19. The molecule has 1 aliphatic heterocycles. The third-order valence-electron chi connectivity index (χ3n) is 3.52. The highest BCUT2D eigenvalue weighted by Crippen LogP contribution is 2.25. The monoisotopic (exact) mass is 338 g/mol. The third-order valence-corrected chi connectivity index (χ3v) is 5.27. The van der Waals surface area contributed by atoms with Crippen molar-refractivity contribution in [1.82, 2.24) is 23.8 Å². The van der Waals surface area contributed by atoms with Gasteiger partial charge in [0.25, 0.3) is 10.0 Å². The van der Waals surface area contributed by atoms with Crippen LogP contribution in [-0.2, 0) is 21.8 Å². The summed E-state index contributed by atoms with van der Waals surface area (Å²) in [5, 5.41) is 0.0269. The number of aryl methyl sites for hydroxylation is 2. The second-order valence-corrected chi connectivity index (χ2v) is 7.25. The molecule has 10 heteroatoms. The molecule has 0 aliphatic carbocycles. The van der Waals surface area contributed by atoms with E-state index in [2.05, 4.69) is 15.0 Å². The van der Waals surface area contributed by atoms with Gasteiger partial charge in [0.2, 0.25) is 0 Å². The summed E-state index contributed by atoms with van der Waals surface area (Å²) in [7, 11) is -1.93. The van der Waals surface area contributed by atoms with E-state index < -0.39 is 16.1 Å². The first-order chi connectivity index (χ1) is 10.9. The maximum atomic E-state index is 12.6. The summed E-state index contributed by atoms with van der Waals surface area (Å²) < 4.78 is 33.9. The molecule has 0 unspecified atom stereocenters. The lowest BCUT2D eigenvalue weighted by Crippen LogP contribution is -2.42. The van der Waals surface area contributed by atoms with E-state index in [9.17, 15) is 8.42 Å². The maximum Gasteiger partial charge on any atom is 0.262 e. The number of rotatable bonds is 3. The van der Waals surface area contributed by atoms with Gasteiger partial charge in [0.15, 0.2) is 5.03 Å². The molecule has 3 rings (SSSR count). The molecular formula is C13H18N6O3S. The van der Waals surface area contributed by atoms with Crippen molar-refractivity contribution < 1.29 is 13.2 Å². The van der Waals surface area contributed by atoms with E-state index in [1.165, 1.54) is 16.8 Å². The Morgan fingerprint density at radius 1 is 1.39 bits per heavy atom. The number of hydrogen-bond donors (Lipinski definition) is 1. The summed E-state index contributed by atoms with van der Waals surface area (Å²) in [5.74, 6) is 0.856. The van der Waals surface area contributed by atoms with E-state index in [0.29, 0.717) is 17.3 Å². The van der Waals surface area contributed by atoms with Crippen molar-refractivity contribution in [3.63, 3.8) is 0 Å². The van der Waals surface area contributed by atoms with Gasteiger partial charge in [0, 0.05) is 32.4 Å². The molecule has 9 nitrogen and oxygen atoms in total. The van der Waals surface area contributed by atoms with E-state index in [4.69, 9.17) is 10.5 Å². The number of anilines is 1. The van der Waals surface area contributed by atoms with Crippen molar-refractivity contribution in [3.05, 3.63) is 30.1 Å². The maximum absolute atomic E-state index is 12.6. The Bertz CT molecular complexity index is 799. The molecule has 2 aromatic rings. The van der Waals surface area contributed by atoms with E-state index >= 15 is 0 Å². The lowest BCUT2D eigenvalue weighted by molar-refractivity contribution is -0.00511. The van der Waals surface area contributed by atoms with Gasteiger partial charge < -0.3 is 15.0 Å². The van der Waals surface area contributed by atoms with Crippen molar-refractivity contribution in [2.45, 2.75) is 18.1 Å². The summed E-state index contributed by atoms with van der Waals surface area (Å²) in [6, 6.07) is 1.61. The Morgan fingerprint density at radius 3 is 2.83 bits per heavy atom. The van der Waals surface area contributed by atoms with E-state index in [1.54, 1.807) is 24.6 Å². The summed E-state index contributed by atoms with van der Waals surface area (Å²) in [4.78, 5) is 12.2. The molecule has 1 aliphatic rings. The van der Waals surface area contributed by atoms with Crippen LogP contribution in [0, 0.1) is 6.92 Å². The van der Waals surface area contributed by atoms with Crippen LogP contribution in [0.4, 0.5) is 5.82 Å². The van der Waals surface area contributed by atoms with Gasteiger partial charge in [-0.25, -0.2) is 23.4 Å². The van der Waals surface area contributed by atoms with Gasteiger partial charge in [-0.15, -0.1) is 0 Å². The van der Waals surface area contributed by atoms with E-state index in [-0.39, 0.29) is 24.7 Å². The van der Waals surface area contributed by atoms with Crippen molar-refractivity contribution in [3.8, 4) is 0 Å². The van der Waals surface area contributed by atoms with Gasteiger partial charge in [-0.3, -0.25) is 0 Å². The van der Waals surface area contributed by atoms with Crippen LogP contribution in [0.3, 0.4) is 0 Å². The molecular weight excluding hydrogens is 320 g/mol. The fourth-order valence-electron chi connectivity index (χ4n) is 2.46. The Balaban J connectivity index is 1.86. The number of hydrogen-bond acceptors (Lipinski definition) is 7.